The molecule has 0 N–H and O–H groups in total. The molecule has 1 aromatic carbocycles. The van der Waals surface area contributed by atoms with Crippen molar-refractivity contribution in [3.05, 3.63) is 47.8 Å². The van der Waals surface area contributed by atoms with E-state index in [1.54, 1.807) is 6.92 Å². The highest BCUT2D eigenvalue weighted by Gasteiger charge is 2.02. The zero-order chi connectivity index (χ0) is 12.0. The van der Waals surface area contributed by atoms with E-state index >= 15 is 0 Å². The summed E-state index contributed by atoms with van der Waals surface area (Å²) in [4.78, 5) is 22.4. The van der Waals surface area contributed by atoms with Gasteiger partial charge in [0.05, 0.1) is 6.61 Å². The molecule has 1 aromatic rings. The molecule has 0 saturated heterocycles. The predicted octanol–water partition coefficient (Wildman–Crippen LogP) is 2.13. The van der Waals surface area contributed by atoms with Gasteiger partial charge in [-0.3, -0.25) is 4.79 Å². The summed E-state index contributed by atoms with van der Waals surface area (Å²) in [5.74, 6) is -1.35. The molecular formula is C12H11FO3. The summed E-state index contributed by atoms with van der Waals surface area (Å²) < 4.78 is 17.2. The van der Waals surface area contributed by atoms with Crippen LogP contribution in [-0.2, 0) is 9.53 Å². The van der Waals surface area contributed by atoms with E-state index in [9.17, 15) is 14.0 Å². The largest absolute Gasteiger partial charge is 0.463 e. The third-order valence-corrected chi connectivity index (χ3v) is 1.79. The second-order valence-corrected chi connectivity index (χ2v) is 2.96. The first-order valence-electron chi connectivity index (χ1n) is 4.78. The molecule has 0 amide bonds. The molecule has 0 aromatic heterocycles. The van der Waals surface area contributed by atoms with Crippen LogP contribution in [0.3, 0.4) is 0 Å². The Labute approximate surface area is 92.5 Å². The average molecular weight is 222 g/mol. The summed E-state index contributed by atoms with van der Waals surface area (Å²) in [6.07, 6.45) is 2.15. The minimum Gasteiger partial charge on any atom is -0.463 e. The average Bonchev–Trinajstić information content (AvgIpc) is 2.27. The highest BCUT2D eigenvalue weighted by atomic mass is 19.1. The summed E-state index contributed by atoms with van der Waals surface area (Å²) in [6, 6.07) is 5.08. The van der Waals surface area contributed by atoms with E-state index in [1.807, 2.05) is 0 Å². The molecule has 0 aliphatic rings. The zero-order valence-corrected chi connectivity index (χ0v) is 8.77. The van der Waals surface area contributed by atoms with Crippen molar-refractivity contribution in [2.24, 2.45) is 0 Å². The lowest BCUT2D eigenvalue weighted by Crippen LogP contribution is -2.01. The standard InChI is InChI=1S/C12H11FO3/c1-2-16-12(15)8-7-11(14)9-3-5-10(13)6-4-9/h3-8H,2H2,1H3/b8-7+. The number of carbonyl (C=O) groups is 2. The van der Waals surface area contributed by atoms with Crippen molar-refractivity contribution < 1.29 is 18.7 Å². The number of hydrogen-bond acceptors (Lipinski definition) is 3. The number of allylic oxidation sites excluding steroid dienone is 1. The molecule has 0 radical (unpaired) electrons. The minimum absolute atomic E-state index is 0.258. The van der Waals surface area contributed by atoms with Gasteiger partial charge in [0.1, 0.15) is 5.82 Å². The molecule has 1 rings (SSSR count). The van der Waals surface area contributed by atoms with Crippen LogP contribution in [0, 0.1) is 5.82 Å². The quantitative estimate of drug-likeness (QED) is 0.445. The Balaban J connectivity index is 2.65. The van der Waals surface area contributed by atoms with Gasteiger partial charge in [0.2, 0.25) is 0 Å². The van der Waals surface area contributed by atoms with E-state index in [2.05, 4.69) is 4.74 Å². The van der Waals surface area contributed by atoms with Gasteiger partial charge in [0, 0.05) is 11.6 Å². The lowest BCUT2D eigenvalue weighted by atomic mass is 10.1. The second kappa shape index (κ2) is 5.80. The third kappa shape index (κ3) is 3.65. The van der Waals surface area contributed by atoms with Gasteiger partial charge < -0.3 is 4.74 Å². The van der Waals surface area contributed by atoms with Gasteiger partial charge in [-0.15, -0.1) is 0 Å². The van der Waals surface area contributed by atoms with Gasteiger partial charge in [-0.2, -0.15) is 0 Å². The molecule has 0 atom stereocenters. The smallest absolute Gasteiger partial charge is 0.330 e. The molecular weight excluding hydrogens is 211 g/mol. The molecule has 0 unspecified atom stereocenters. The van der Waals surface area contributed by atoms with Gasteiger partial charge in [0.15, 0.2) is 5.78 Å². The summed E-state index contributed by atoms with van der Waals surface area (Å²) >= 11 is 0. The van der Waals surface area contributed by atoms with E-state index in [0.717, 1.165) is 12.2 Å². The number of rotatable bonds is 4. The monoisotopic (exact) mass is 222 g/mol. The Morgan fingerprint density at radius 1 is 1.25 bits per heavy atom. The van der Waals surface area contributed by atoms with E-state index < -0.39 is 11.8 Å². The highest BCUT2D eigenvalue weighted by Crippen LogP contribution is 2.04. The summed E-state index contributed by atoms with van der Waals surface area (Å²) in [6.45, 7) is 1.93. The SMILES string of the molecule is CCOC(=O)/C=C/C(=O)c1ccc(F)cc1. The van der Waals surface area contributed by atoms with E-state index in [0.29, 0.717) is 5.56 Å². The van der Waals surface area contributed by atoms with Crippen LogP contribution in [-0.4, -0.2) is 18.4 Å². The van der Waals surface area contributed by atoms with Crippen molar-refractivity contribution in [2.45, 2.75) is 6.92 Å². The van der Waals surface area contributed by atoms with Gasteiger partial charge >= 0.3 is 5.97 Å². The molecule has 0 saturated carbocycles. The van der Waals surface area contributed by atoms with Crippen molar-refractivity contribution in [1.82, 2.24) is 0 Å². The summed E-state index contributed by atoms with van der Waals surface area (Å²) in [7, 11) is 0. The first-order chi connectivity index (χ1) is 7.63. The minimum atomic E-state index is -0.571. The maximum atomic E-state index is 12.6. The summed E-state index contributed by atoms with van der Waals surface area (Å²) in [5.41, 5.74) is 0.321. The predicted molar refractivity (Wildman–Crippen MR) is 56.5 cm³/mol. The van der Waals surface area contributed by atoms with E-state index in [4.69, 9.17) is 0 Å². The number of halogens is 1. The van der Waals surface area contributed by atoms with Crippen LogP contribution in [0.25, 0.3) is 0 Å². The lowest BCUT2D eigenvalue weighted by molar-refractivity contribution is -0.137. The van der Waals surface area contributed by atoms with E-state index in [1.165, 1.54) is 24.3 Å². The maximum Gasteiger partial charge on any atom is 0.330 e. The van der Waals surface area contributed by atoms with Crippen LogP contribution in [0.2, 0.25) is 0 Å². The highest BCUT2D eigenvalue weighted by molar-refractivity contribution is 6.06. The van der Waals surface area contributed by atoms with Gasteiger partial charge in [-0.1, -0.05) is 0 Å². The van der Waals surface area contributed by atoms with Crippen molar-refractivity contribution in [2.75, 3.05) is 6.61 Å². The fourth-order valence-electron chi connectivity index (χ4n) is 1.04. The van der Waals surface area contributed by atoms with Gasteiger partial charge in [-0.05, 0) is 37.3 Å². The van der Waals surface area contributed by atoms with Crippen LogP contribution >= 0.6 is 0 Å². The van der Waals surface area contributed by atoms with Crippen molar-refractivity contribution >= 4 is 11.8 Å². The number of ketones is 1. The Bertz CT molecular complexity index is 407. The molecule has 0 aliphatic carbocycles. The van der Waals surface area contributed by atoms with Gasteiger partial charge in [0.25, 0.3) is 0 Å². The number of carbonyl (C=O) groups excluding carboxylic acids is 2. The Hall–Kier alpha value is -1.97. The Kier molecular flexibility index (Phi) is 4.39. The third-order valence-electron chi connectivity index (χ3n) is 1.79. The number of benzene rings is 1. The first kappa shape index (κ1) is 12.1. The molecule has 3 nitrogen and oxygen atoms in total. The van der Waals surface area contributed by atoms with Crippen LogP contribution in [0.15, 0.2) is 36.4 Å². The molecule has 0 fully saturated rings. The molecule has 0 aliphatic heterocycles. The maximum absolute atomic E-state index is 12.6. The molecule has 4 heteroatoms. The van der Waals surface area contributed by atoms with E-state index in [-0.39, 0.29) is 12.4 Å². The number of ether oxygens (including phenoxy) is 1. The topological polar surface area (TPSA) is 43.4 Å². The molecule has 0 heterocycles. The van der Waals surface area contributed by atoms with Crippen molar-refractivity contribution in [3.8, 4) is 0 Å². The zero-order valence-electron chi connectivity index (χ0n) is 8.77. The van der Waals surface area contributed by atoms with Gasteiger partial charge in [-0.25, -0.2) is 9.18 Å². The van der Waals surface area contributed by atoms with Crippen molar-refractivity contribution in [1.29, 1.82) is 0 Å². The first-order valence-corrected chi connectivity index (χ1v) is 4.78. The lowest BCUT2D eigenvalue weighted by Gasteiger charge is -1.96. The summed E-state index contributed by atoms with van der Waals surface area (Å²) in [5, 5.41) is 0. The Morgan fingerprint density at radius 2 is 1.88 bits per heavy atom. The number of hydrogen-bond donors (Lipinski definition) is 0. The fraction of sp³-hybridized carbons (Fsp3) is 0.167. The van der Waals surface area contributed by atoms with Crippen LogP contribution in [0.1, 0.15) is 17.3 Å². The van der Waals surface area contributed by atoms with Crippen LogP contribution in [0.4, 0.5) is 4.39 Å². The molecule has 0 spiro atoms. The Morgan fingerprint density at radius 3 is 2.44 bits per heavy atom. The molecule has 0 bridgehead atoms. The van der Waals surface area contributed by atoms with Crippen LogP contribution < -0.4 is 0 Å². The molecule has 16 heavy (non-hydrogen) atoms. The fourth-order valence-corrected chi connectivity index (χ4v) is 1.04. The van der Waals surface area contributed by atoms with Crippen molar-refractivity contribution in [3.63, 3.8) is 0 Å². The number of esters is 1. The second-order valence-electron chi connectivity index (χ2n) is 2.96. The normalized spacial score (nSPS) is 10.4. The molecule has 84 valence electrons. The van der Waals surface area contributed by atoms with Crippen LogP contribution in [0.5, 0.6) is 0 Å².